The molecule has 0 aliphatic carbocycles. The lowest BCUT2D eigenvalue weighted by Crippen LogP contribution is -2.58. The Bertz CT molecular complexity index is 292. The fourth-order valence-corrected chi connectivity index (χ4v) is 1.27. The van der Waals surface area contributed by atoms with Gasteiger partial charge >= 0.3 is 0 Å². The van der Waals surface area contributed by atoms with Crippen molar-refractivity contribution >= 4 is 0 Å². The largest absolute Gasteiger partial charge is 0.365 e. The maximum atomic E-state index is 5.70. The van der Waals surface area contributed by atoms with E-state index in [4.69, 9.17) is 4.74 Å². The summed E-state index contributed by atoms with van der Waals surface area (Å²) in [5.74, 6) is 0.869. The predicted molar refractivity (Wildman–Crippen MR) is 47.1 cm³/mol. The zero-order valence-corrected chi connectivity index (χ0v) is 7.95. The Morgan fingerprint density at radius 2 is 2.46 bits per heavy atom. The van der Waals surface area contributed by atoms with E-state index in [1.165, 1.54) is 0 Å². The van der Waals surface area contributed by atoms with Gasteiger partial charge < -0.3 is 10.1 Å². The van der Waals surface area contributed by atoms with E-state index >= 15 is 0 Å². The second kappa shape index (κ2) is 3.08. The summed E-state index contributed by atoms with van der Waals surface area (Å²) < 4.78 is 7.44. The number of nitrogens with one attached hydrogen (secondary N) is 1. The van der Waals surface area contributed by atoms with E-state index < -0.39 is 0 Å². The lowest BCUT2D eigenvalue weighted by molar-refractivity contribution is -0.0797. The fourth-order valence-electron chi connectivity index (χ4n) is 1.27. The Morgan fingerprint density at radius 1 is 1.69 bits per heavy atom. The van der Waals surface area contributed by atoms with E-state index in [1.807, 2.05) is 7.05 Å². The van der Waals surface area contributed by atoms with Crippen molar-refractivity contribution in [1.29, 1.82) is 0 Å². The standard InChI is InChI=1S/C8H14N4O/c1-8(4-9-5-8)13-3-7-10-6-11-12(7)2/h6,9H,3-5H2,1-2H3. The van der Waals surface area contributed by atoms with Gasteiger partial charge in [-0.3, -0.25) is 4.68 Å². The van der Waals surface area contributed by atoms with Crippen LogP contribution in [-0.2, 0) is 18.4 Å². The minimum Gasteiger partial charge on any atom is -0.365 e. The molecule has 0 bridgehead atoms. The zero-order chi connectivity index (χ0) is 9.31. The van der Waals surface area contributed by atoms with Crippen LogP contribution in [0, 0.1) is 0 Å². The van der Waals surface area contributed by atoms with Crippen LogP contribution in [0.25, 0.3) is 0 Å². The van der Waals surface area contributed by atoms with Crippen molar-refractivity contribution in [2.45, 2.75) is 19.1 Å². The van der Waals surface area contributed by atoms with Gasteiger partial charge in [0.05, 0.1) is 5.60 Å². The Balaban J connectivity index is 1.89. The van der Waals surface area contributed by atoms with Gasteiger partial charge in [-0.15, -0.1) is 0 Å². The highest BCUT2D eigenvalue weighted by molar-refractivity contribution is 4.91. The first kappa shape index (κ1) is 8.65. The molecule has 5 heteroatoms. The van der Waals surface area contributed by atoms with Gasteiger partial charge in [0.25, 0.3) is 0 Å². The molecule has 0 radical (unpaired) electrons. The molecule has 2 rings (SSSR count). The van der Waals surface area contributed by atoms with Crippen LogP contribution in [0.3, 0.4) is 0 Å². The molecule has 1 aliphatic rings. The van der Waals surface area contributed by atoms with Gasteiger partial charge in [-0.2, -0.15) is 5.10 Å². The first-order chi connectivity index (χ1) is 6.20. The quantitative estimate of drug-likeness (QED) is 0.697. The normalized spacial score (nSPS) is 19.8. The summed E-state index contributed by atoms with van der Waals surface area (Å²) in [6.07, 6.45) is 1.54. The van der Waals surface area contributed by atoms with E-state index in [9.17, 15) is 0 Å². The van der Waals surface area contributed by atoms with Crippen molar-refractivity contribution in [3.8, 4) is 0 Å². The second-order valence-electron chi connectivity index (χ2n) is 3.64. The number of ether oxygens (including phenoxy) is 1. The van der Waals surface area contributed by atoms with Crippen LogP contribution < -0.4 is 5.32 Å². The third kappa shape index (κ3) is 1.71. The molecule has 0 atom stereocenters. The molecular weight excluding hydrogens is 168 g/mol. The summed E-state index contributed by atoms with van der Waals surface area (Å²) in [5.41, 5.74) is -0.00799. The highest BCUT2D eigenvalue weighted by Crippen LogP contribution is 2.16. The summed E-state index contributed by atoms with van der Waals surface area (Å²) in [7, 11) is 1.87. The van der Waals surface area contributed by atoms with Crippen LogP contribution in [0.5, 0.6) is 0 Å². The first-order valence-electron chi connectivity index (χ1n) is 4.37. The van der Waals surface area contributed by atoms with Crippen LogP contribution in [-0.4, -0.2) is 33.5 Å². The van der Waals surface area contributed by atoms with Crippen molar-refractivity contribution < 1.29 is 4.74 Å². The van der Waals surface area contributed by atoms with E-state index in [-0.39, 0.29) is 5.60 Å². The molecule has 0 aromatic carbocycles. The van der Waals surface area contributed by atoms with Crippen LogP contribution in [0.1, 0.15) is 12.7 Å². The maximum absolute atomic E-state index is 5.70. The molecule has 0 saturated carbocycles. The van der Waals surface area contributed by atoms with Crippen molar-refractivity contribution in [2.75, 3.05) is 13.1 Å². The van der Waals surface area contributed by atoms with Crippen LogP contribution in [0.2, 0.25) is 0 Å². The van der Waals surface area contributed by atoms with Crippen LogP contribution >= 0.6 is 0 Å². The number of rotatable bonds is 3. The zero-order valence-electron chi connectivity index (χ0n) is 7.95. The molecule has 0 amide bonds. The van der Waals surface area contributed by atoms with Gasteiger partial charge in [-0.1, -0.05) is 0 Å². The summed E-state index contributed by atoms with van der Waals surface area (Å²) in [5, 5.41) is 7.15. The monoisotopic (exact) mass is 182 g/mol. The molecule has 0 unspecified atom stereocenters. The first-order valence-corrected chi connectivity index (χ1v) is 4.37. The van der Waals surface area contributed by atoms with Crippen molar-refractivity contribution in [2.24, 2.45) is 7.05 Å². The summed E-state index contributed by atoms with van der Waals surface area (Å²) >= 11 is 0. The molecule has 1 aromatic rings. The molecule has 1 fully saturated rings. The molecule has 72 valence electrons. The summed E-state index contributed by atoms with van der Waals surface area (Å²) in [6, 6.07) is 0. The number of aromatic nitrogens is 3. The van der Waals surface area contributed by atoms with Gasteiger partial charge in [0, 0.05) is 20.1 Å². The molecular formula is C8H14N4O. The van der Waals surface area contributed by atoms with E-state index in [2.05, 4.69) is 22.3 Å². The molecule has 1 aliphatic heterocycles. The Hall–Kier alpha value is -0.940. The lowest BCUT2D eigenvalue weighted by atomic mass is 10.0. The third-order valence-electron chi connectivity index (χ3n) is 2.35. The van der Waals surface area contributed by atoms with Crippen molar-refractivity contribution in [3.63, 3.8) is 0 Å². The third-order valence-corrected chi connectivity index (χ3v) is 2.35. The van der Waals surface area contributed by atoms with E-state index in [1.54, 1.807) is 11.0 Å². The summed E-state index contributed by atoms with van der Waals surface area (Å²) in [4.78, 5) is 4.08. The molecule has 5 nitrogen and oxygen atoms in total. The minimum atomic E-state index is -0.00799. The molecule has 1 N–H and O–H groups in total. The van der Waals surface area contributed by atoms with E-state index in [0.29, 0.717) is 6.61 Å². The predicted octanol–water partition coefficient (Wildman–Crippen LogP) is -0.306. The van der Waals surface area contributed by atoms with Gasteiger partial charge in [-0.25, -0.2) is 4.98 Å². The highest BCUT2D eigenvalue weighted by atomic mass is 16.5. The second-order valence-corrected chi connectivity index (χ2v) is 3.64. The number of nitrogens with zero attached hydrogens (tertiary/aromatic N) is 3. The Morgan fingerprint density at radius 3 is 2.92 bits per heavy atom. The average molecular weight is 182 g/mol. The average Bonchev–Trinajstić information content (AvgIpc) is 2.44. The van der Waals surface area contributed by atoms with Gasteiger partial charge in [0.15, 0.2) is 5.82 Å². The highest BCUT2D eigenvalue weighted by Gasteiger charge is 2.32. The lowest BCUT2D eigenvalue weighted by Gasteiger charge is -2.38. The molecule has 1 aromatic heterocycles. The maximum Gasteiger partial charge on any atom is 0.152 e. The van der Waals surface area contributed by atoms with Gasteiger partial charge in [-0.05, 0) is 6.92 Å². The van der Waals surface area contributed by atoms with E-state index in [0.717, 1.165) is 18.9 Å². The Kier molecular flexibility index (Phi) is 2.05. The topological polar surface area (TPSA) is 52.0 Å². The van der Waals surface area contributed by atoms with Gasteiger partial charge in [0.2, 0.25) is 0 Å². The number of aryl methyl sites for hydroxylation is 1. The smallest absolute Gasteiger partial charge is 0.152 e. The molecule has 0 spiro atoms. The van der Waals surface area contributed by atoms with Gasteiger partial charge in [0.1, 0.15) is 12.9 Å². The van der Waals surface area contributed by atoms with Crippen molar-refractivity contribution in [3.05, 3.63) is 12.2 Å². The number of hydrogen-bond donors (Lipinski definition) is 1. The Labute approximate surface area is 77.1 Å². The van der Waals surface area contributed by atoms with Crippen LogP contribution in [0.15, 0.2) is 6.33 Å². The fraction of sp³-hybridized carbons (Fsp3) is 0.750. The molecule has 1 saturated heterocycles. The SMILES string of the molecule is Cn1ncnc1COC1(C)CNC1. The molecule has 2 heterocycles. The number of hydrogen-bond acceptors (Lipinski definition) is 4. The summed E-state index contributed by atoms with van der Waals surface area (Å²) in [6.45, 7) is 4.48. The molecule has 13 heavy (non-hydrogen) atoms. The van der Waals surface area contributed by atoms with Crippen molar-refractivity contribution in [1.82, 2.24) is 20.1 Å². The van der Waals surface area contributed by atoms with Crippen LogP contribution in [0.4, 0.5) is 0 Å². The minimum absolute atomic E-state index is 0.00799.